The smallest absolute Gasteiger partial charge is 0.270 e. The molecule has 3 N–H and O–H groups in total. The van der Waals surface area contributed by atoms with Crippen LogP contribution < -0.4 is 10.8 Å². The molecule has 0 saturated carbocycles. The molecule has 0 saturated heterocycles. The van der Waals surface area contributed by atoms with E-state index in [0.29, 0.717) is 11.1 Å². The Morgan fingerprint density at radius 1 is 1.53 bits per heavy atom. The fourth-order valence-electron chi connectivity index (χ4n) is 1.79. The average Bonchev–Trinajstić information content (AvgIpc) is 2.56. The van der Waals surface area contributed by atoms with E-state index in [4.69, 9.17) is 5.21 Å². The highest BCUT2D eigenvalue weighted by Crippen LogP contribution is 2.27. The molecular formula is C10H10N2O3. The summed E-state index contributed by atoms with van der Waals surface area (Å²) in [4.78, 5) is 22.8. The van der Waals surface area contributed by atoms with Crippen LogP contribution in [0.25, 0.3) is 0 Å². The van der Waals surface area contributed by atoms with Gasteiger partial charge in [0.2, 0.25) is 0 Å². The second-order valence-electron chi connectivity index (χ2n) is 3.42. The van der Waals surface area contributed by atoms with Crippen LogP contribution in [0.3, 0.4) is 0 Å². The minimum absolute atomic E-state index is 0.281. The van der Waals surface area contributed by atoms with Gasteiger partial charge in [-0.3, -0.25) is 14.8 Å². The number of aryl methyl sites for hydroxylation is 1. The molecule has 5 heteroatoms. The summed E-state index contributed by atoms with van der Waals surface area (Å²) in [6.45, 7) is 1.80. The molecular weight excluding hydrogens is 196 g/mol. The summed E-state index contributed by atoms with van der Waals surface area (Å²) in [6, 6.07) is 4.47. The van der Waals surface area contributed by atoms with Gasteiger partial charge in [-0.15, -0.1) is 0 Å². The van der Waals surface area contributed by atoms with E-state index in [1.807, 2.05) is 0 Å². The highest BCUT2D eigenvalue weighted by atomic mass is 16.5. The monoisotopic (exact) mass is 206 g/mol. The molecule has 2 rings (SSSR count). The van der Waals surface area contributed by atoms with Crippen LogP contribution in [0.15, 0.2) is 18.2 Å². The van der Waals surface area contributed by atoms with Gasteiger partial charge in [-0.25, -0.2) is 5.48 Å². The van der Waals surface area contributed by atoms with Crippen LogP contribution in [0.4, 0.5) is 0 Å². The first-order valence-corrected chi connectivity index (χ1v) is 4.49. The van der Waals surface area contributed by atoms with Crippen molar-refractivity contribution in [3.63, 3.8) is 0 Å². The van der Waals surface area contributed by atoms with Gasteiger partial charge in [0.25, 0.3) is 11.8 Å². The Kier molecular flexibility index (Phi) is 2.17. The number of rotatable bonds is 1. The van der Waals surface area contributed by atoms with E-state index >= 15 is 0 Å². The number of fused-ring (bicyclic) bond motifs is 1. The van der Waals surface area contributed by atoms with E-state index in [0.717, 1.165) is 5.56 Å². The van der Waals surface area contributed by atoms with Crippen LogP contribution in [0, 0.1) is 6.92 Å². The van der Waals surface area contributed by atoms with Gasteiger partial charge in [-0.2, -0.15) is 0 Å². The van der Waals surface area contributed by atoms with Crippen LogP contribution in [-0.2, 0) is 4.79 Å². The maximum absolute atomic E-state index is 11.5. The van der Waals surface area contributed by atoms with Gasteiger partial charge in [-0.05, 0) is 18.1 Å². The fraction of sp³-hybridized carbons (Fsp3) is 0.200. The lowest BCUT2D eigenvalue weighted by Crippen LogP contribution is -2.33. The predicted octanol–water partition coefficient (Wildman–Crippen LogP) is 0.285. The van der Waals surface area contributed by atoms with Gasteiger partial charge in [0, 0.05) is 5.56 Å². The van der Waals surface area contributed by atoms with E-state index in [9.17, 15) is 9.59 Å². The molecule has 78 valence electrons. The third-order valence-corrected chi connectivity index (χ3v) is 2.49. The molecule has 1 aromatic carbocycles. The van der Waals surface area contributed by atoms with Gasteiger partial charge in [0.1, 0.15) is 6.04 Å². The number of hydrogen-bond donors (Lipinski definition) is 3. The Morgan fingerprint density at radius 3 is 2.93 bits per heavy atom. The van der Waals surface area contributed by atoms with Crippen molar-refractivity contribution in [2.24, 2.45) is 0 Å². The number of carbonyl (C=O) groups excluding carboxylic acids is 2. The molecule has 0 aliphatic carbocycles. The molecule has 0 bridgehead atoms. The van der Waals surface area contributed by atoms with Gasteiger partial charge >= 0.3 is 0 Å². The Hall–Kier alpha value is -1.88. The van der Waals surface area contributed by atoms with Crippen LogP contribution in [0.2, 0.25) is 0 Å². The third kappa shape index (κ3) is 1.37. The summed E-state index contributed by atoms with van der Waals surface area (Å²) in [7, 11) is 0. The van der Waals surface area contributed by atoms with Crippen molar-refractivity contribution >= 4 is 11.8 Å². The Balaban J connectivity index is 2.51. The first kappa shape index (κ1) is 9.67. The summed E-state index contributed by atoms with van der Waals surface area (Å²) >= 11 is 0. The lowest BCUT2D eigenvalue weighted by atomic mass is 10.0. The summed E-state index contributed by atoms with van der Waals surface area (Å²) < 4.78 is 0. The highest BCUT2D eigenvalue weighted by Gasteiger charge is 2.34. The minimum atomic E-state index is -0.794. The molecule has 15 heavy (non-hydrogen) atoms. The first-order valence-electron chi connectivity index (χ1n) is 4.49. The Labute approximate surface area is 86.1 Å². The van der Waals surface area contributed by atoms with Crippen molar-refractivity contribution in [2.75, 3.05) is 0 Å². The average molecular weight is 206 g/mol. The van der Waals surface area contributed by atoms with Gasteiger partial charge < -0.3 is 5.32 Å². The number of hydrogen-bond acceptors (Lipinski definition) is 3. The first-order chi connectivity index (χ1) is 7.15. The molecule has 0 spiro atoms. The largest absolute Gasteiger partial charge is 0.336 e. The van der Waals surface area contributed by atoms with Crippen molar-refractivity contribution in [3.05, 3.63) is 34.9 Å². The molecule has 2 amide bonds. The zero-order valence-corrected chi connectivity index (χ0v) is 8.07. The molecule has 1 unspecified atom stereocenters. The molecule has 1 aromatic rings. The van der Waals surface area contributed by atoms with E-state index in [1.54, 1.807) is 25.1 Å². The number of carbonyl (C=O) groups is 2. The maximum Gasteiger partial charge on any atom is 0.270 e. The van der Waals surface area contributed by atoms with Gasteiger partial charge in [-0.1, -0.05) is 18.2 Å². The van der Waals surface area contributed by atoms with Crippen molar-refractivity contribution in [1.82, 2.24) is 10.8 Å². The SMILES string of the molecule is Cc1cccc2c1C(=O)NC2C(=O)NO. The Morgan fingerprint density at radius 2 is 2.27 bits per heavy atom. The third-order valence-electron chi connectivity index (χ3n) is 2.49. The lowest BCUT2D eigenvalue weighted by molar-refractivity contribution is -0.131. The zero-order chi connectivity index (χ0) is 11.0. The fourth-order valence-corrected chi connectivity index (χ4v) is 1.79. The molecule has 1 heterocycles. The van der Waals surface area contributed by atoms with Crippen molar-refractivity contribution in [3.8, 4) is 0 Å². The highest BCUT2D eigenvalue weighted by molar-refractivity contribution is 6.05. The van der Waals surface area contributed by atoms with E-state index in [1.165, 1.54) is 5.48 Å². The van der Waals surface area contributed by atoms with Crippen molar-refractivity contribution in [1.29, 1.82) is 0 Å². The second kappa shape index (κ2) is 3.36. The number of hydroxylamine groups is 1. The van der Waals surface area contributed by atoms with Crippen LogP contribution >= 0.6 is 0 Å². The summed E-state index contributed by atoms with van der Waals surface area (Å²) in [5, 5.41) is 11.0. The van der Waals surface area contributed by atoms with Gasteiger partial charge in [0.15, 0.2) is 0 Å². The minimum Gasteiger partial charge on any atom is -0.336 e. The summed E-state index contributed by atoms with van der Waals surface area (Å²) in [6.07, 6.45) is 0. The molecule has 0 radical (unpaired) electrons. The molecule has 1 atom stereocenters. The summed E-state index contributed by atoms with van der Waals surface area (Å²) in [5.74, 6) is -0.913. The topological polar surface area (TPSA) is 78.4 Å². The number of benzene rings is 1. The molecule has 1 aliphatic rings. The van der Waals surface area contributed by atoms with Crippen LogP contribution in [0.5, 0.6) is 0 Å². The van der Waals surface area contributed by atoms with Crippen molar-refractivity contribution < 1.29 is 14.8 Å². The number of nitrogens with one attached hydrogen (secondary N) is 2. The van der Waals surface area contributed by atoms with Crippen LogP contribution in [0.1, 0.15) is 27.5 Å². The standard InChI is InChI=1S/C10H10N2O3/c1-5-3-2-4-6-7(5)9(13)11-8(6)10(14)12-15/h2-4,8,15H,1H3,(H,11,13)(H,12,14). The van der Waals surface area contributed by atoms with E-state index in [-0.39, 0.29) is 5.91 Å². The number of amides is 2. The zero-order valence-electron chi connectivity index (χ0n) is 8.07. The van der Waals surface area contributed by atoms with E-state index in [2.05, 4.69) is 5.32 Å². The normalized spacial score (nSPS) is 18.3. The van der Waals surface area contributed by atoms with E-state index < -0.39 is 11.9 Å². The molecule has 0 aromatic heterocycles. The molecule has 0 fully saturated rings. The maximum atomic E-state index is 11.5. The Bertz CT molecular complexity index is 442. The lowest BCUT2D eigenvalue weighted by Gasteiger charge is -2.08. The van der Waals surface area contributed by atoms with Gasteiger partial charge in [0.05, 0.1) is 0 Å². The van der Waals surface area contributed by atoms with Crippen molar-refractivity contribution in [2.45, 2.75) is 13.0 Å². The molecule has 5 nitrogen and oxygen atoms in total. The quantitative estimate of drug-likeness (QED) is 0.456. The predicted molar refractivity (Wildman–Crippen MR) is 51.3 cm³/mol. The molecule has 1 aliphatic heterocycles. The second-order valence-corrected chi connectivity index (χ2v) is 3.42. The summed E-state index contributed by atoms with van der Waals surface area (Å²) in [5.41, 5.74) is 3.47. The van der Waals surface area contributed by atoms with Crippen LogP contribution in [-0.4, -0.2) is 17.0 Å².